The monoisotopic (exact) mass is 285 g/mol. The largest absolute Gasteiger partial charge is 0.478 e. The highest BCUT2D eigenvalue weighted by Crippen LogP contribution is 2.29. The lowest BCUT2D eigenvalue weighted by molar-refractivity contribution is -0.115. The van der Waals surface area contributed by atoms with Gasteiger partial charge in [-0.3, -0.25) is 4.79 Å². The number of halogens is 1. The molecule has 0 radical (unpaired) electrons. The molecule has 6 heteroatoms. The summed E-state index contributed by atoms with van der Waals surface area (Å²) in [5.74, 6) is -0.323. The second-order valence-corrected chi connectivity index (χ2v) is 5.68. The number of amides is 1. The Kier molecular flexibility index (Phi) is 4.14. The minimum absolute atomic E-state index is 0.0597. The van der Waals surface area contributed by atoms with Gasteiger partial charge < -0.3 is 10.4 Å². The molecule has 2 rings (SSSR count). The first-order valence-electron chi connectivity index (χ1n) is 5.54. The highest BCUT2D eigenvalue weighted by atomic mass is 35.5. The molecule has 96 valence electrons. The molecule has 1 fully saturated rings. The highest BCUT2D eigenvalue weighted by Gasteiger charge is 2.25. The van der Waals surface area contributed by atoms with Crippen LogP contribution in [0.5, 0.6) is 0 Å². The Hall–Kier alpha value is -1.20. The number of carboxylic acids is 1. The molecular formula is C12H12ClNO3S. The zero-order chi connectivity index (χ0) is 13.1. The summed E-state index contributed by atoms with van der Waals surface area (Å²) in [6.07, 6.45) is 1.85. The van der Waals surface area contributed by atoms with E-state index in [9.17, 15) is 9.59 Å². The number of nitrogens with one attached hydrogen (secondary N) is 1. The second kappa shape index (κ2) is 5.63. The molecule has 1 heterocycles. The summed E-state index contributed by atoms with van der Waals surface area (Å²) in [7, 11) is 0. The molecular weight excluding hydrogens is 274 g/mol. The van der Waals surface area contributed by atoms with Gasteiger partial charge in [-0.25, -0.2) is 4.79 Å². The van der Waals surface area contributed by atoms with Crippen LogP contribution >= 0.6 is 23.4 Å². The predicted octanol–water partition coefficient (Wildman–Crippen LogP) is 2.87. The number of carbonyl (C=O) groups excluding carboxylic acids is 1. The Bertz CT molecular complexity index is 486. The molecule has 1 aliphatic rings. The Morgan fingerprint density at radius 2 is 2.22 bits per heavy atom. The van der Waals surface area contributed by atoms with Crippen LogP contribution < -0.4 is 5.32 Å². The fourth-order valence-corrected chi connectivity index (χ4v) is 3.26. The summed E-state index contributed by atoms with van der Waals surface area (Å²) in [6, 6.07) is 4.66. The van der Waals surface area contributed by atoms with E-state index in [1.54, 1.807) is 23.9 Å². The maximum absolute atomic E-state index is 11.9. The first-order valence-corrected chi connectivity index (χ1v) is 6.96. The number of rotatable bonds is 3. The molecule has 0 aliphatic carbocycles. The maximum Gasteiger partial charge on any atom is 0.339 e. The summed E-state index contributed by atoms with van der Waals surface area (Å²) in [4.78, 5) is 23.0. The highest BCUT2D eigenvalue weighted by molar-refractivity contribution is 8.00. The third kappa shape index (κ3) is 2.79. The van der Waals surface area contributed by atoms with Gasteiger partial charge in [0, 0.05) is 0 Å². The Morgan fingerprint density at radius 1 is 1.44 bits per heavy atom. The van der Waals surface area contributed by atoms with E-state index in [1.165, 1.54) is 6.07 Å². The molecule has 0 bridgehead atoms. The van der Waals surface area contributed by atoms with Gasteiger partial charge in [0.1, 0.15) is 5.56 Å². The first-order chi connectivity index (χ1) is 8.59. The molecule has 1 atom stereocenters. The average Bonchev–Trinajstić information content (AvgIpc) is 2.81. The Morgan fingerprint density at radius 3 is 2.83 bits per heavy atom. The molecule has 2 N–H and O–H groups in total. The molecule has 18 heavy (non-hydrogen) atoms. The number of hydrogen-bond donors (Lipinski definition) is 2. The molecule has 0 saturated carbocycles. The average molecular weight is 286 g/mol. The summed E-state index contributed by atoms with van der Waals surface area (Å²) < 4.78 is 0. The molecule has 1 aliphatic heterocycles. The Balaban J connectivity index is 2.20. The Labute approximate surface area is 114 Å². The lowest BCUT2D eigenvalue weighted by atomic mass is 10.1. The zero-order valence-electron chi connectivity index (χ0n) is 9.48. The molecule has 1 unspecified atom stereocenters. The van der Waals surface area contributed by atoms with Crippen molar-refractivity contribution in [1.29, 1.82) is 0 Å². The lowest BCUT2D eigenvalue weighted by Crippen LogP contribution is -2.24. The number of hydrogen-bond acceptors (Lipinski definition) is 3. The SMILES string of the molecule is O=C(O)c1c(Cl)cccc1NC(=O)C1CCCS1. The number of carboxylic acid groups (broad SMARTS) is 1. The molecule has 0 aromatic heterocycles. The van der Waals surface area contributed by atoms with Crippen LogP contribution in [0, 0.1) is 0 Å². The number of anilines is 1. The molecule has 1 aromatic carbocycles. The van der Waals surface area contributed by atoms with Gasteiger partial charge in [-0.1, -0.05) is 17.7 Å². The zero-order valence-corrected chi connectivity index (χ0v) is 11.1. The van der Waals surface area contributed by atoms with Crippen molar-refractivity contribution in [3.63, 3.8) is 0 Å². The first kappa shape index (κ1) is 13.2. The summed E-state index contributed by atoms with van der Waals surface area (Å²) in [5, 5.41) is 11.8. The second-order valence-electron chi connectivity index (χ2n) is 3.96. The number of aromatic carboxylic acids is 1. The fraction of sp³-hybridized carbons (Fsp3) is 0.333. The van der Waals surface area contributed by atoms with Crippen LogP contribution in [0.15, 0.2) is 18.2 Å². The van der Waals surface area contributed by atoms with Crippen LogP contribution in [0.3, 0.4) is 0 Å². The van der Waals surface area contributed by atoms with E-state index >= 15 is 0 Å². The van der Waals surface area contributed by atoms with E-state index in [0.717, 1.165) is 18.6 Å². The van der Waals surface area contributed by atoms with Crippen LogP contribution in [0.2, 0.25) is 5.02 Å². The van der Waals surface area contributed by atoms with E-state index in [0.29, 0.717) is 0 Å². The minimum Gasteiger partial charge on any atom is -0.478 e. The van der Waals surface area contributed by atoms with Crippen molar-refractivity contribution in [2.45, 2.75) is 18.1 Å². The summed E-state index contributed by atoms with van der Waals surface area (Å²) in [6.45, 7) is 0. The van der Waals surface area contributed by atoms with Crippen LogP contribution in [-0.2, 0) is 4.79 Å². The van der Waals surface area contributed by atoms with Gasteiger partial charge in [-0.15, -0.1) is 11.8 Å². The summed E-state index contributed by atoms with van der Waals surface area (Å²) in [5.41, 5.74) is 0.197. The van der Waals surface area contributed by atoms with Crippen LogP contribution in [0.25, 0.3) is 0 Å². The molecule has 1 aromatic rings. The molecule has 0 spiro atoms. The smallest absolute Gasteiger partial charge is 0.339 e. The standard InChI is InChI=1S/C12H12ClNO3S/c13-7-3-1-4-8(10(7)12(16)17)14-11(15)9-5-2-6-18-9/h1,3-4,9H,2,5-6H2,(H,14,15)(H,16,17). The topological polar surface area (TPSA) is 66.4 Å². The van der Waals surface area contributed by atoms with Gasteiger partial charge >= 0.3 is 5.97 Å². The summed E-state index contributed by atoms with van der Waals surface area (Å²) >= 11 is 7.43. The van der Waals surface area contributed by atoms with Crippen molar-refractivity contribution in [2.75, 3.05) is 11.1 Å². The van der Waals surface area contributed by atoms with Gasteiger partial charge in [0.2, 0.25) is 5.91 Å². The quantitative estimate of drug-likeness (QED) is 0.896. The molecule has 4 nitrogen and oxygen atoms in total. The minimum atomic E-state index is -1.14. The maximum atomic E-state index is 11.9. The van der Waals surface area contributed by atoms with Crippen LogP contribution in [0.1, 0.15) is 23.2 Å². The molecule has 1 saturated heterocycles. The predicted molar refractivity (Wildman–Crippen MR) is 72.5 cm³/mol. The van der Waals surface area contributed by atoms with Crippen molar-refractivity contribution < 1.29 is 14.7 Å². The van der Waals surface area contributed by atoms with Crippen LogP contribution in [-0.4, -0.2) is 28.0 Å². The van der Waals surface area contributed by atoms with Crippen molar-refractivity contribution >= 4 is 40.9 Å². The van der Waals surface area contributed by atoms with Gasteiger partial charge in [0.25, 0.3) is 0 Å². The van der Waals surface area contributed by atoms with E-state index in [4.69, 9.17) is 16.7 Å². The van der Waals surface area contributed by atoms with Crippen LogP contribution in [0.4, 0.5) is 5.69 Å². The van der Waals surface area contributed by atoms with E-state index in [-0.39, 0.29) is 27.4 Å². The van der Waals surface area contributed by atoms with Crippen molar-refractivity contribution in [3.8, 4) is 0 Å². The van der Waals surface area contributed by atoms with Crippen molar-refractivity contribution in [2.24, 2.45) is 0 Å². The van der Waals surface area contributed by atoms with E-state index in [2.05, 4.69) is 5.32 Å². The third-order valence-electron chi connectivity index (χ3n) is 2.71. The van der Waals surface area contributed by atoms with Gasteiger partial charge in [-0.2, -0.15) is 0 Å². The van der Waals surface area contributed by atoms with E-state index in [1.807, 2.05) is 0 Å². The fourth-order valence-electron chi connectivity index (χ4n) is 1.84. The lowest BCUT2D eigenvalue weighted by Gasteiger charge is -2.12. The number of thioether (sulfide) groups is 1. The van der Waals surface area contributed by atoms with Crippen molar-refractivity contribution in [3.05, 3.63) is 28.8 Å². The van der Waals surface area contributed by atoms with Gasteiger partial charge in [0.15, 0.2) is 0 Å². The molecule has 1 amide bonds. The number of carbonyl (C=O) groups is 2. The van der Waals surface area contributed by atoms with Crippen molar-refractivity contribution in [1.82, 2.24) is 0 Å². The van der Waals surface area contributed by atoms with E-state index < -0.39 is 5.97 Å². The number of benzene rings is 1. The van der Waals surface area contributed by atoms with Gasteiger partial charge in [-0.05, 0) is 30.7 Å². The third-order valence-corrected chi connectivity index (χ3v) is 4.40. The van der Waals surface area contributed by atoms with Gasteiger partial charge in [0.05, 0.1) is 16.0 Å². The normalized spacial score (nSPS) is 18.6.